The average Bonchev–Trinajstić information content (AvgIpc) is 2.65. The van der Waals surface area contributed by atoms with E-state index in [2.05, 4.69) is 19.2 Å². The summed E-state index contributed by atoms with van der Waals surface area (Å²) in [7, 11) is -3.61. The van der Waals surface area contributed by atoms with Crippen LogP contribution in [0, 0.1) is 11.8 Å². The number of carbonyl (C=O) groups is 1. The summed E-state index contributed by atoms with van der Waals surface area (Å²) >= 11 is 5.95. The van der Waals surface area contributed by atoms with Crippen LogP contribution in [0.25, 0.3) is 0 Å². The largest absolute Gasteiger partial charge is 0.378 e. The Bertz CT molecular complexity index is 952. The summed E-state index contributed by atoms with van der Waals surface area (Å²) in [5.74, 6) is 0.466. The number of piperidine rings is 1. The van der Waals surface area contributed by atoms with E-state index in [0.717, 1.165) is 12.1 Å². The number of hydrogen-bond donors (Lipinski definition) is 1. The highest BCUT2D eigenvalue weighted by molar-refractivity contribution is 7.89. The van der Waals surface area contributed by atoms with Gasteiger partial charge in [0.15, 0.2) is 5.78 Å². The lowest BCUT2D eigenvalue weighted by molar-refractivity contribution is 0.101. The second-order valence-electron chi connectivity index (χ2n) is 7.58. The SMILES string of the molecule is CC1CC(C)CN(S(=O)(=O)c2cccc(C(=O)CNc3cccc(Cl)c3)c2)C1. The molecule has 0 spiro atoms. The van der Waals surface area contributed by atoms with Crippen LogP contribution < -0.4 is 5.32 Å². The van der Waals surface area contributed by atoms with Crippen LogP contribution in [0.4, 0.5) is 5.69 Å². The van der Waals surface area contributed by atoms with Crippen molar-refractivity contribution in [3.05, 3.63) is 59.1 Å². The fourth-order valence-corrected chi connectivity index (χ4v) is 5.58. The van der Waals surface area contributed by atoms with Gasteiger partial charge in [0.2, 0.25) is 10.0 Å². The number of rotatable bonds is 6. The fourth-order valence-electron chi connectivity index (χ4n) is 3.66. The molecule has 2 atom stereocenters. The molecule has 1 heterocycles. The number of halogens is 1. The molecule has 0 aliphatic carbocycles. The van der Waals surface area contributed by atoms with Crippen molar-refractivity contribution in [2.75, 3.05) is 25.0 Å². The van der Waals surface area contributed by atoms with E-state index >= 15 is 0 Å². The summed E-state index contributed by atoms with van der Waals surface area (Å²) < 4.78 is 27.6. The number of benzene rings is 2. The maximum atomic E-state index is 13.1. The zero-order chi connectivity index (χ0) is 20.3. The summed E-state index contributed by atoms with van der Waals surface area (Å²) in [5, 5.41) is 3.60. The first-order chi connectivity index (χ1) is 13.3. The Balaban J connectivity index is 1.74. The Kier molecular flexibility index (Phi) is 6.43. The molecule has 0 aromatic heterocycles. The molecule has 3 rings (SSSR count). The number of nitrogens with zero attached hydrogens (tertiary/aromatic N) is 1. The van der Waals surface area contributed by atoms with Gasteiger partial charge in [-0.15, -0.1) is 0 Å². The van der Waals surface area contributed by atoms with Gasteiger partial charge in [0.05, 0.1) is 11.4 Å². The van der Waals surface area contributed by atoms with Crippen molar-refractivity contribution in [2.24, 2.45) is 11.8 Å². The second-order valence-corrected chi connectivity index (χ2v) is 9.96. The summed E-state index contributed by atoms with van der Waals surface area (Å²) in [6.45, 7) is 5.23. The monoisotopic (exact) mass is 420 g/mol. The molecule has 2 aromatic rings. The number of sulfonamides is 1. The zero-order valence-electron chi connectivity index (χ0n) is 16.1. The van der Waals surface area contributed by atoms with E-state index < -0.39 is 10.0 Å². The molecule has 1 aliphatic rings. The summed E-state index contributed by atoms with van der Waals surface area (Å²) in [4.78, 5) is 12.7. The fraction of sp³-hybridized carbons (Fsp3) is 0.381. The van der Waals surface area contributed by atoms with Crippen LogP contribution in [0.5, 0.6) is 0 Å². The summed E-state index contributed by atoms with van der Waals surface area (Å²) in [6, 6.07) is 13.4. The van der Waals surface area contributed by atoms with Gasteiger partial charge in [0, 0.05) is 29.4 Å². The van der Waals surface area contributed by atoms with Crippen molar-refractivity contribution in [3.63, 3.8) is 0 Å². The second kappa shape index (κ2) is 8.64. The van der Waals surface area contributed by atoms with E-state index in [-0.39, 0.29) is 17.2 Å². The summed E-state index contributed by atoms with van der Waals surface area (Å²) in [5.41, 5.74) is 1.11. The minimum atomic E-state index is -3.61. The first kappa shape index (κ1) is 20.8. The van der Waals surface area contributed by atoms with Crippen molar-refractivity contribution in [3.8, 4) is 0 Å². The maximum Gasteiger partial charge on any atom is 0.243 e. The van der Waals surface area contributed by atoms with Gasteiger partial charge >= 0.3 is 0 Å². The number of ketones is 1. The van der Waals surface area contributed by atoms with Gasteiger partial charge in [-0.3, -0.25) is 4.79 Å². The third-order valence-electron chi connectivity index (χ3n) is 4.91. The average molecular weight is 421 g/mol. The van der Waals surface area contributed by atoms with Crippen LogP contribution in [-0.2, 0) is 10.0 Å². The van der Waals surface area contributed by atoms with Crippen LogP contribution in [0.3, 0.4) is 0 Å². The molecule has 5 nitrogen and oxygen atoms in total. The summed E-state index contributed by atoms with van der Waals surface area (Å²) in [6.07, 6.45) is 1.03. The van der Waals surface area contributed by atoms with Gasteiger partial charge in [-0.25, -0.2) is 8.42 Å². The molecule has 1 saturated heterocycles. The van der Waals surface area contributed by atoms with E-state index in [0.29, 0.717) is 35.5 Å². The van der Waals surface area contributed by atoms with Gasteiger partial charge in [-0.2, -0.15) is 4.31 Å². The Hall–Kier alpha value is -1.89. The van der Waals surface area contributed by atoms with Crippen molar-refractivity contribution in [1.29, 1.82) is 0 Å². The standard InChI is InChI=1S/C21H25ClN2O3S/c1-15-9-16(2)14-24(13-15)28(26,27)20-8-3-5-17(10-20)21(25)12-23-19-7-4-6-18(22)11-19/h3-8,10-11,15-16,23H,9,12-14H2,1-2H3. The molecular weight excluding hydrogens is 396 g/mol. The van der Waals surface area contributed by atoms with Gasteiger partial charge in [0.25, 0.3) is 0 Å². The third kappa shape index (κ3) is 4.93. The molecule has 28 heavy (non-hydrogen) atoms. The minimum absolute atomic E-state index is 0.0572. The first-order valence-corrected chi connectivity index (χ1v) is 11.2. The van der Waals surface area contributed by atoms with Crippen molar-refractivity contribution in [1.82, 2.24) is 4.31 Å². The molecular formula is C21H25ClN2O3S. The van der Waals surface area contributed by atoms with Crippen molar-refractivity contribution in [2.45, 2.75) is 25.2 Å². The lowest BCUT2D eigenvalue weighted by Crippen LogP contribution is -2.42. The molecule has 0 bridgehead atoms. The van der Waals surface area contributed by atoms with Crippen LogP contribution in [0.1, 0.15) is 30.6 Å². The van der Waals surface area contributed by atoms with E-state index in [1.165, 1.54) is 6.07 Å². The number of anilines is 1. The molecule has 1 fully saturated rings. The molecule has 2 aromatic carbocycles. The highest BCUT2D eigenvalue weighted by Crippen LogP contribution is 2.27. The predicted octanol–water partition coefficient (Wildman–Crippen LogP) is 4.30. The maximum absolute atomic E-state index is 13.1. The Labute approximate surface area is 171 Å². The van der Waals surface area contributed by atoms with Gasteiger partial charge in [-0.1, -0.05) is 43.6 Å². The van der Waals surface area contributed by atoms with Crippen LogP contribution in [0.15, 0.2) is 53.4 Å². The highest BCUT2D eigenvalue weighted by Gasteiger charge is 2.31. The van der Waals surface area contributed by atoms with Crippen LogP contribution in [-0.4, -0.2) is 38.1 Å². The number of Topliss-reactive ketones (excluding diaryl/α,β-unsaturated/α-hetero) is 1. The first-order valence-electron chi connectivity index (χ1n) is 9.38. The van der Waals surface area contributed by atoms with E-state index in [9.17, 15) is 13.2 Å². The minimum Gasteiger partial charge on any atom is -0.378 e. The van der Waals surface area contributed by atoms with E-state index in [1.807, 2.05) is 6.07 Å². The lowest BCUT2D eigenvalue weighted by Gasteiger charge is -2.34. The van der Waals surface area contributed by atoms with Gasteiger partial charge < -0.3 is 5.32 Å². The van der Waals surface area contributed by atoms with Crippen molar-refractivity contribution < 1.29 is 13.2 Å². The van der Waals surface area contributed by atoms with Crippen molar-refractivity contribution >= 4 is 33.1 Å². The quantitative estimate of drug-likeness (QED) is 0.707. The molecule has 0 amide bonds. The van der Waals surface area contributed by atoms with Crippen LogP contribution in [0.2, 0.25) is 5.02 Å². The van der Waals surface area contributed by atoms with Gasteiger partial charge in [-0.05, 0) is 48.6 Å². The molecule has 2 unspecified atom stereocenters. The van der Waals surface area contributed by atoms with E-state index in [4.69, 9.17) is 11.6 Å². The highest BCUT2D eigenvalue weighted by atomic mass is 35.5. The molecule has 0 radical (unpaired) electrons. The number of hydrogen-bond acceptors (Lipinski definition) is 4. The van der Waals surface area contributed by atoms with Crippen LogP contribution >= 0.6 is 11.6 Å². The molecule has 1 aliphatic heterocycles. The lowest BCUT2D eigenvalue weighted by atomic mass is 9.94. The Morgan fingerprint density at radius 1 is 1.11 bits per heavy atom. The Morgan fingerprint density at radius 2 is 1.79 bits per heavy atom. The molecule has 1 N–H and O–H groups in total. The van der Waals surface area contributed by atoms with Gasteiger partial charge in [0.1, 0.15) is 0 Å². The number of nitrogens with one attached hydrogen (secondary N) is 1. The Morgan fingerprint density at radius 3 is 2.46 bits per heavy atom. The zero-order valence-corrected chi connectivity index (χ0v) is 17.6. The predicted molar refractivity (Wildman–Crippen MR) is 112 cm³/mol. The molecule has 7 heteroatoms. The third-order valence-corrected chi connectivity index (χ3v) is 6.97. The van der Waals surface area contributed by atoms with E-state index in [1.54, 1.807) is 40.7 Å². The normalized spacial score (nSPS) is 20.7. The number of carbonyl (C=O) groups excluding carboxylic acids is 1. The molecule has 150 valence electrons. The smallest absolute Gasteiger partial charge is 0.243 e. The topological polar surface area (TPSA) is 66.5 Å². The molecule has 0 saturated carbocycles.